The van der Waals surface area contributed by atoms with E-state index in [2.05, 4.69) is 53.1 Å². The third-order valence-corrected chi connectivity index (χ3v) is 8.94. The molecule has 0 spiro atoms. The molecule has 0 bridgehead atoms. The van der Waals surface area contributed by atoms with Crippen molar-refractivity contribution in [3.63, 3.8) is 0 Å². The SMILES string of the molecule is C=CCc1c(F)ccc2ccc(=O)n(CCO)c12.C=CCc1c(F)ccc2ccc(=O)n(CCOC)c12.COCCn1c(=O)ccc2ccc(F)c(CC=O)c21.[CH3-].[I][V][I]. The van der Waals surface area contributed by atoms with Gasteiger partial charge in [0.05, 0.1) is 36.4 Å². The minimum atomic E-state index is -0.476. The average molecular weight is 1090 g/mol. The van der Waals surface area contributed by atoms with Gasteiger partial charge in [0.1, 0.15) is 23.7 Å². The summed E-state index contributed by atoms with van der Waals surface area (Å²) in [5.41, 5.74) is 2.20. The Hall–Kier alpha value is -3.85. The minimum absolute atomic E-state index is 0. The molecule has 0 unspecified atom stereocenters. The number of aliphatic hydroxyl groups is 1. The van der Waals surface area contributed by atoms with Crippen molar-refractivity contribution >= 4 is 79.0 Å². The van der Waals surface area contributed by atoms with Crippen LogP contribution in [0.2, 0.25) is 0 Å². The first-order valence-corrected chi connectivity index (χ1v) is 27.1. The first kappa shape index (κ1) is 52.3. The van der Waals surface area contributed by atoms with Gasteiger partial charge in [-0.05, 0) is 83.6 Å². The molecule has 0 atom stereocenters. The number of aromatic nitrogens is 3. The van der Waals surface area contributed by atoms with Crippen LogP contribution in [0.3, 0.4) is 0 Å². The van der Waals surface area contributed by atoms with Crippen LogP contribution in [0.15, 0.2) is 112 Å². The number of hydrogen-bond donors (Lipinski definition) is 1. The molecule has 0 aliphatic carbocycles. The molecule has 6 rings (SSSR count). The average Bonchev–Trinajstić information content (AvgIpc) is 3.22. The molecule has 0 aliphatic rings. The number of halogens is 5. The predicted molar refractivity (Wildman–Crippen MR) is 247 cm³/mol. The Bertz CT molecular complexity index is 2450. The maximum absolute atomic E-state index is 13.9. The third-order valence-electron chi connectivity index (χ3n) is 8.94. The van der Waals surface area contributed by atoms with E-state index in [0.29, 0.717) is 82.6 Å². The van der Waals surface area contributed by atoms with Crippen LogP contribution in [0.1, 0.15) is 16.7 Å². The van der Waals surface area contributed by atoms with Crippen LogP contribution in [-0.2, 0) is 62.6 Å². The van der Waals surface area contributed by atoms with Crippen LogP contribution in [-0.4, -0.2) is 59.1 Å². The number of nitrogens with zero attached hydrogens (tertiary/aromatic N) is 3. The van der Waals surface area contributed by atoms with Crippen molar-refractivity contribution in [3.05, 3.63) is 171 Å². The fourth-order valence-corrected chi connectivity index (χ4v) is 6.42. The van der Waals surface area contributed by atoms with Crippen molar-refractivity contribution in [3.8, 4) is 0 Å². The van der Waals surface area contributed by atoms with Crippen molar-refractivity contribution in [2.24, 2.45) is 0 Å². The molecule has 16 heteroatoms. The van der Waals surface area contributed by atoms with Gasteiger partial charge in [0.25, 0.3) is 16.7 Å². The number of hydrogen-bond acceptors (Lipinski definition) is 7. The fourth-order valence-electron chi connectivity index (χ4n) is 6.42. The van der Waals surface area contributed by atoms with Crippen LogP contribution in [0.5, 0.6) is 0 Å². The summed E-state index contributed by atoms with van der Waals surface area (Å²) in [5, 5.41) is 11.4. The Balaban J connectivity index is 0.000000297. The molecule has 60 heavy (non-hydrogen) atoms. The number of fused-ring (bicyclic) bond motifs is 3. The van der Waals surface area contributed by atoms with Crippen LogP contribution >= 0.6 is 40.0 Å². The second-order valence-corrected chi connectivity index (χ2v) is 24.3. The first-order chi connectivity index (χ1) is 28.5. The second-order valence-electron chi connectivity index (χ2n) is 12.5. The predicted octanol–water partition coefficient (Wildman–Crippen LogP) is 8.12. The van der Waals surface area contributed by atoms with Crippen molar-refractivity contribution in [2.75, 3.05) is 34.0 Å². The normalized spacial score (nSPS) is 10.3. The summed E-state index contributed by atoms with van der Waals surface area (Å²) >= 11 is 4.74. The molecule has 6 aromatic rings. The van der Waals surface area contributed by atoms with Crippen molar-refractivity contribution in [1.29, 1.82) is 0 Å². The van der Waals surface area contributed by atoms with E-state index in [-0.39, 0.29) is 60.9 Å². The quantitative estimate of drug-likeness (QED) is 0.0507. The number of carbonyl (C=O) groups excluding carboxylic acids is 1. The van der Waals surface area contributed by atoms with Crippen molar-refractivity contribution < 1.29 is 42.0 Å². The van der Waals surface area contributed by atoms with Crippen molar-refractivity contribution in [1.82, 2.24) is 13.7 Å². The fraction of sp³-hybridized carbons (Fsp3) is 0.250. The number of aldehydes is 1. The van der Waals surface area contributed by atoms with Crippen LogP contribution in [0.4, 0.5) is 13.2 Å². The molecule has 10 nitrogen and oxygen atoms in total. The topological polar surface area (TPSA) is 122 Å². The zero-order valence-corrected chi connectivity index (χ0v) is 39.2. The van der Waals surface area contributed by atoms with E-state index in [0.717, 1.165) is 16.2 Å². The maximum atomic E-state index is 13.9. The van der Waals surface area contributed by atoms with Gasteiger partial charge in [-0.15, -0.1) is 13.2 Å². The van der Waals surface area contributed by atoms with E-state index in [1.807, 2.05) is 0 Å². The summed E-state index contributed by atoms with van der Waals surface area (Å²) in [6, 6.07) is 18.4. The molecule has 3 aromatic heterocycles. The molecule has 0 amide bonds. The molecule has 1 N–H and O–H groups in total. The van der Waals surface area contributed by atoms with Gasteiger partial charge in [0.15, 0.2) is 0 Å². The Labute approximate surface area is 375 Å². The van der Waals surface area contributed by atoms with Gasteiger partial charge in [-0.3, -0.25) is 14.4 Å². The molecule has 0 aliphatic heterocycles. The number of ether oxygens (including phenoxy) is 2. The van der Waals surface area contributed by atoms with E-state index < -0.39 is 5.82 Å². The van der Waals surface area contributed by atoms with Gasteiger partial charge in [-0.2, -0.15) is 0 Å². The molecule has 3 aromatic carbocycles. The Morgan fingerprint density at radius 3 is 1.18 bits per heavy atom. The molecular weight excluding hydrogens is 1040 g/mol. The standard InChI is InChI=1S/C15H16FNO2.C14H14FNO3.C14H14FNO2.CH3.2HI.V/c1-3-4-12-13(16)7-5-11-6-8-14(18)17(15(11)12)9-10-19-2;1-19-9-7-16-13(18)5-3-10-2-4-12(15)11(6-8-17)14(10)16;1-2-3-11-12(15)6-4-10-5-7-13(18)16(8-9-17)14(10)11;;;;/h3,5-8H,1,4,9-10H2,2H3;2-5,8H,6-7,9H2,1H3;2,4-7,17H,1,3,8-9H2;1H3;2*1H;/q;;;-1;;;+2/p-2. The van der Waals surface area contributed by atoms with E-state index in [1.54, 1.807) is 60.2 Å². The zero-order chi connectivity index (χ0) is 43.5. The number of allylic oxidation sites excluding steroid dienone is 2. The van der Waals surface area contributed by atoms with E-state index in [9.17, 15) is 32.3 Å². The van der Waals surface area contributed by atoms with Gasteiger partial charge in [0, 0.05) is 75.2 Å². The number of rotatable bonds is 14. The first-order valence-electron chi connectivity index (χ1n) is 18.1. The van der Waals surface area contributed by atoms with E-state index in [4.69, 9.17) is 14.6 Å². The van der Waals surface area contributed by atoms with Crippen LogP contribution in [0, 0.1) is 24.9 Å². The molecule has 3 heterocycles. The molecule has 0 fully saturated rings. The van der Waals surface area contributed by atoms with Crippen molar-refractivity contribution in [2.45, 2.75) is 38.9 Å². The Kier molecular flexibility index (Phi) is 23.7. The molecule has 0 radical (unpaired) electrons. The Morgan fingerprint density at radius 2 is 0.900 bits per heavy atom. The number of carbonyl (C=O) groups is 1. The summed E-state index contributed by atoms with van der Waals surface area (Å²) in [7, 11) is 3.73. The van der Waals surface area contributed by atoms with Gasteiger partial charge < -0.3 is 40.5 Å². The molecular formula is C44H47F3I2N3O7V-. The Morgan fingerprint density at radius 1 is 0.600 bits per heavy atom. The number of pyridine rings is 3. The zero-order valence-electron chi connectivity index (χ0n) is 33.5. The van der Waals surface area contributed by atoms with Gasteiger partial charge in [-0.1, -0.05) is 12.2 Å². The summed E-state index contributed by atoms with van der Waals surface area (Å²) in [4.78, 5) is 46.4. The van der Waals surface area contributed by atoms with E-state index in [1.165, 1.54) is 52.6 Å². The van der Waals surface area contributed by atoms with E-state index >= 15 is 0 Å². The van der Waals surface area contributed by atoms with Gasteiger partial charge in [0.2, 0.25) is 0 Å². The summed E-state index contributed by atoms with van der Waals surface area (Å²) < 4.78 is 56.0. The molecule has 321 valence electrons. The van der Waals surface area contributed by atoms with Crippen LogP contribution in [0.25, 0.3) is 32.7 Å². The monoisotopic (exact) mass is 1090 g/mol. The number of aliphatic hydroxyl groups excluding tert-OH is 1. The third kappa shape index (κ3) is 13.6. The summed E-state index contributed by atoms with van der Waals surface area (Å²) in [6.45, 7) is 8.70. The second kappa shape index (κ2) is 27.2. The summed E-state index contributed by atoms with van der Waals surface area (Å²) in [5.74, 6) is -1.15. The number of methoxy groups -OCH3 is 2. The molecule has 0 saturated carbocycles. The number of benzene rings is 3. The molecule has 0 saturated heterocycles. The van der Waals surface area contributed by atoms with Crippen LogP contribution < -0.4 is 16.7 Å². The van der Waals surface area contributed by atoms with Gasteiger partial charge in [-0.25, -0.2) is 13.2 Å². The van der Waals surface area contributed by atoms with Gasteiger partial charge >= 0.3 is 49.4 Å². The summed E-state index contributed by atoms with van der Waals surface area (Å²) in [6.07, 6.45) is 4.54.